The highest BCUT2D eigenvalue weighted by molar-refractivity contribution is 7.92. The van der Waals surface area contributed by atoms with E-state index in [1.807, 2.05) is 26.8 Å². The van der Waals surface area contributed by atoms with Crippen molar-refractivity contribution < 1.29 is 13.2 Å². The normalized spacial score (nSPS) is 12.5. The first-order valence-corrected chi connectivity index (χ1v) is 9.81. The number of anilines is 1. The number of nitrogens with one attached hydrogen (secondary N) is 1. The van der Waals surface area contributed by atoms with Gasteiger partial charge in [0.05, 0.1) is 4.90 Å². The second kappa shape index (κ2) is 7.88. The minimum Gasteiger partial charge on any atom is -0.338 e. The van der Waals surface area contributed by atoms with Gasteiger partial charge in [0, 0.05) is 30.9 Å². The van der Waals surface area contributed by atoms with Crippen LogP contribution in [0.25, 0.3) is 0 Å². The van der Waals surface area contributed by atoms with Crippen molar-refractivity contribution >= 4 is 21.6 Å². The van der Waals surface area contributed by atoms with Crippen LogP contribution in [-0.4, -0.2) is 38.9 Å². The summed E-state index contributed by atoms with van der Waals surface area (Å²) in [5, 5.41) is 0. The van der Waals surface area contributed by atoms with Crippen LogP contribution in [-0.2, 0) is 10.0 Å². The summed E-state index contributed by atoms with van der Waals surface area (Å²) < 4.78 is 27.7. The third kappa shape index (κ3) is 4.42. The van der Waals surface area contributed by atoms with Gasteiger partial charge in [0.15, 0.2) is 0 Å². The van der Waals surface area contributed by atoms with Crippen molar-refractivity contribution in [1.29, 1.82) is 0 Å². The van der Waals surface area contributed by atoms with Gasteiger partial charge in [-0.3, -0.25) is 9.52 Å². The largest absolute Gasteiger partial charge is 0.338 e. The Morgan fingerprint density at radius 2 is 1.73 bits per heavy atom. The number of aryl methyl sites for hydroxylation is 2. The van der Waals surface area contributed by atoms with Crippen molar-refractivity contribution in [1.82, 2.24) is 4.90 Å². The van der Waals surface area contributed by atoms with Crippen LogP contribution in [0.2, 0.25) is 0 Å². The van der Waals surface area contributed by atoms with Crippen molar-refractivity contribution in [2.75, 3.05) is 18.3 Å². The van der Waals surface area contributed by atoms with E-state index >= 15 is 0 Å². The Kier molecular flexibility index (Phi) is 6.05. The highest BCUT2D eigenvalue weighted by Gasteiger charge is 2.19. The van der Waals surface area contributed by atoms with Gasteiger partial charge in [0.2, 0.25) is 0 Å². The fourth-order valence-electron chi connectivity index (χ4n) is 2.36. The van der Waals surface area contributed by atoms with E-state index in [2.05, 4.69) is 4.72 Å². The lowest BCUT2D eigenvalue weighted by Crippen LogP contribution is -2.39. The van der Waals surface area contributed by atoms with Crippen molar-refractivity contribution in [2.24, 2.45) is 5.73 Å². The molecule has 1 atom stereocenters. The van der Waals surface area contributed by atoms with E-state index in [0.717, 1.165) is 11.1 Å². The number of amides is 1. The number of rotatable bonds is 6. The van der Waals surface area contributed by atoms with Crippen LogP contribution in [0, 0.1) is 13.8 Å². The topological polar surface area (TPSA) is 92.5 Å². The maximum Gasteiger partial charge on any atom is 0.261 e. The second-order valence-corrected chi connectivity index (χ2v) is 8.11. The molecule has 140 valence electrons. The maximum absolute atomic E-state index is 12.5. The summed E-state index contributed by atoms with van der Waals surface area (Å²) in [5.74, 6) is -0.200. The predicted octanol–water partition coefficient (Wildman–Crippen LogP) is 2.52. The van der Waals surface area contributed by atoms with Crippen molar-refractivity contribution in [3.63, 3.8) is 0 Å². The molecule has 0 bridgehead atoms. The molecule has 6 nitrogen and oxygen atoms in total. The minimum atomic E-state index is -3.72. The van der Waals surface area contributed by atoms with Gasteiger partial charge in [-0.2, -0.15) is 0 Å². The van der Waals surface area contributed by atoms with Crippen molar-refractivity contribution in [3.8, 4) is 0 Å². The Hall–Kier alpha value is -2.38. The average Bonchev–Trinajstić information content (AvgIpc) is 2.62. The van der Waals surface area contributed by atoms with Crippen LogP contribution in [0.3, 0.4) is 0 Å². The molecule has 0 spiro atoms. The SMILES string of the molecule is Cc1ccc(NS(=O)(=O)c2ccc(C(=O)N(C)C(C)CN)cc2)cc1C. The molecule has 0 fully saturated rings. The van der Waals surface area contributed by atoms with E-state index < -0.39 is 10.0 Å². The van der Waals surface area contributed by atoms with Crippen LogP contribution in [0.15, 0.2) is 47.4 Å². The molecule has 0 aromatic heterocycles. The van der Waals surface area contributed by atoms with Gasteiger partial charge in [0.1, 0.15) is 0 Å². The molecule has 1 amide bonds. The molecule has 0 saturated carbocycles. The summed E-state index contributed by atoms with van der Waals surface area (Å²) in [6.45, 7) is 6.09. The smallest absolute Gasteiger partial charge is 0.261 e. The van der Waals surface area contributed by atoms with Crippen LogP contribution >= 0.6 is 0 Å². The summed E-state index contributed by atoms with van der Waals surface area (Å²) in [7, 11) is -2.05. The zero-order valence-corrected chi connectivity index (χ0v) is 16.3. The molecule has 0 heterocycles. The lowest BCUT2D eigenvalue weighted by Gasteiger charge is -2.23. The predicted molar refractivity (Wildman–Crippen MR) is 104 cm³/mol. The molecular weight excluding hydrogens is 350 g/mol. The molecule has 2 rings (SSSR count). The van der Waals surface area contributed by atoms with E-state index in [9.17, 15) is 13.2 Å². The molecule has 2 aromatic rings. The highest BCUT2D eigenvalue weighted by Crippen LogP contribution is 2.20. The number of carbonyl (C=O) groups excluding carboxylic acids is 1. The van der Waals surface area contributed by atoms with Gasteiger partial charge in [-0.1, -0.05) is 6.07 Å². The number of likely N-dealkylation sites (N-methyl/N-ethyl adjacent to an activating group) is 1. The fraction of sp³-hybridized carbons (Fsp3) is 0.316. The number of hydrogen-bond acceptors (Lipinski definition) is 4. The Labute approximate surface area is 155 Å². The lowest BCUT2D eigenvalue weighted by atomic mass is 10.1. The third-order valence-electron chi connectivity index (χ3n) is 4.49. The van der Waals surface area contributed by atoms with Crippen LogP contribution in [0.1, 0.15) is 28.4 Å². The van der Waals surface area contributed by atoms with E-state index in [4.69, 9.17) is 5.73 Å². The summed E-state index contributed by atoms with van der Waals surface area (Å²) >= 11 is 0. The molecule has 3 N–H and O–H groups in total. The highest BCUT2D eigenvalue weighted by atomic mass is 32.2. The molecule has 0 aliphatic carbocycles. The molecule has 0 aliphatic heterocycles. The Bertz CT molecular complexity index is 893. The van der Waals surface area contributed by atoms with Gasteiger partial charge in [-0.15, -0.1) is 0 Å². The monoisotopic (exact) mass is 375 g/mol. The summed E-state index contributed by atoms with van der Waals surface area (Å²) in [5.41, 5.74) is 8.59. The first kappa shape index (κ1) is 19.9. The number of hydrogen-bond donors (Lipinski definition) is 2. The maximum atomic E-state index is 12.5. The number of nitrogens with two attached hydrogens (primary N) is 1. The number of benzene rings is 2. The lowest BCUT2D eigenvalue weighted by molar-refractivity contribution is 0.0748. The van der Waals surface area contributed by atoms with E-state index in [1.54, 1.807) is 19.2 Å². The van der Waals surface area contributed by atoms with Gasteiger partial charge in [-0.05, 0) is 68.3 Å². The summed E-state index contributed by atoms with van der Waals surface area (Å²) in [6, 6.07) is 11.2. The summed E-state index contributed by atoms with van der Waals surface area (Å²) in [6.07, 6.45) is 0. The molecule has 7 heteroatoms. The van der Waals surface area contributed by atoms with Gasteiger partial charge in [0.25, 0.3) is 15.9 Å². The molecule has 26 heavy (non-hydrogen) atoms. The van der Waals surface area contributed by atoms with Crippen LogP contribution in [0.5, 0.6) is 0 Å². The summed E-state index contributed by atoms with van der Waals surface area (Å²) in [4.78, 5) is 14.0. The molecular formula is C19H25N3O3S. The zero-order chi connectivity index (χ0) is 19.5. The molecule has 1 unspecified atom stereocenters. The first-order valence-electron chi connectivity index (χ1n) is 8.33. The van der Waals surface area contributed by atoms with Crippen molar-refractivity contribution in [3.05, 3.63) is 59.2 Å². The third-order valence-corrected chi connectivity index (χ3v) is 5.89. The standard InChI is InChI=1S/C19H25N3O3S/c1-13-5-8-17(11-14(13)2)21-26(24,25)18-9-6-16(7-10-18)19(23)22(4)15(3)12-20/h5-11,15,21H,12,20H2,1-4H3. The van der Waals surface area contributed by atoms with E-state index in [1.165, 1.54) is 29.2 Å². The number of sulfonamides is 1. The average molecular weight is 375 g/mol. The Balaban J connectivity index is 2.20. The second-order valence-electron chi connectivity index (χ2n) is 6.43. The number of nitrogens with zero attached hydrogens (tertiary/aromatic N) is 1. The minimum absolute atomic E-state index is 0.0989. The zero-order valence-electron chi connectivity index (χ0n) is 15.5. The molecule has 0 aliphatic rings. The fourth-order valence-corrected chi connectivity index (χ4v) is 3.41. The number of carbonyl (C=O) groups is 1. The quantitative estimate of drug-likeness (QED) is 0.811. The molecule has 2 aromatic carbocycles. The first-order chi connectivity index (χ1) is 12.2. The van der Waals surface area contributed by atoms with Crippen LogP contribution in [0.4, 0.5) is 5.69 Å². The van der Waals surface area contributed by atoms with Gasteiger partial charge in [-0.25, -0.2) is 8.42 Å². The van der Waals surface area contributed by atoms with Crippen molar-refractivity contribution in [2.45, 2.75) is 31.7 Å². The van der Waals surface area contributed by atoms with E-state index in [0.29, 0.717) is 17.8 Å². The Morgan fingerprint density at radius 1 is 1.12 bits per heavy atom. The van der Waals surface area contributed by atoms with Gasteiger partial charge < -0.3 is 10.6 Å². The molecule has 0 radical (unpaired) electrons. The molecule has 0 saturated heterocycles. The van der Waals surface area contributed by atoms with Gasteiger partial charge >= 0.3 is 0 Å². The van der Waals surface area contributed by atoms with E-state index in [-0.39, 0.29) is 16.8 Å². The van der Waals surface area contributed by atoms with Crippen LogP contribution < -0.4 is 10.5 Å². The Morgan fingerprint density at radius 3 is 2.27 bits per heavy atom.